The molecule has 0 unspecified atom stereocenters. The molecular formula is C85H96F6N12O6S. The first-order chi connectivity index (χ1) is 52.5. The van der Waals surface area contributed by atoms with E-state index in [0.717, 1.165) is 128 Å². The summed E-state index contributed by atoms with van der Waals surface area (Å²) in [5, 5.41) is 1.02. The van der Waals surface area contributed by atoms with Crippen molar-refractivity contribution in [1.29, 1.82) is 0 Å². The van der Waals surface area contributed by atoms with Gasteiger partial charge in [-0.3, -0.25) is 0 Å². The fourth-order valence-electron chi connectivity index (χ4n) is 12.7. The molecule has 0 saturated carbocycles. The fourth-order valence-corrected chi connectivity index (χ4v) is 13.3. The van der Waals surface area contributed by atoms with E-state index in [9.17, 15) is 55.1 Å². The Morgan fingerprint density at radius 1 is 0.336 bits per heavy atom. The smallest absolute Gasteiger partial charge is 0.328 e. The summed E-state index contributed by atoms with van der Waals surface area (Å²) >= 11 is 1.65. The van der Waals surface area contributed by atoms with Crippen LogP contribution in [0.2, 0.25) is 0 Å². The van der Waals surface area contributed by atoms with E-state index >= 15 is 0 Å². The Kier molecular flexibility index (Phi) is 31.4. The largest absolute Gasteiger partial charge is 0.449 e. The Balaban J connectivity index is 0.000000166. The SMILES string of the molecule is CC(=O)CCCn1c(-c2ccccc2)nc2ccccc21.CC(=O)CCCn1c(C(C)C)nc2ccccc21.CC(=O)CCCn1c(C(F)(F)F)nc2ccccc21.CC(=O)CCCn1c(C(F)(F)F)nc2ccccc21.CC(=O)CCCn1c(C)nc2ccccc21.CSc1nc2ccccc2n1CCCC(C)=O. The third kappa shape index (κ3) is 24.2. The molecule has 0 aliphatic carbocycles. The van der Waals surface area contributed by atoms with Gasteiger partial charge in [-0.15, -0.1) is 0 Å². The Hall–Kier alpha value is -10.7. The van der Waals surface area contributed by atoms with E-state index in [0.29, 0.717) is 66.5 Å². The third-order valence-electron chi connectivity index (χ3n) is 17.8. The maximum absolute atomic E-state index is 12.9. The molecule has 110 heavy (non-hydrogen) atoms. The first-order valence-electron chi connectivity index (χ1n) is 36.9. The van der Waals surface area contributed by atoms with E-state index in [-0.39, 0.29) is 60.6 Å². The van der Waals surface area contributed by atoms with Crippen molar-refractivity contribution in [2.24, 2.45) is 0 Å². The molecule has 13 aromatic rings. The molecule has 25 heteroatoms. The topological polar surface area (TPSA) is 209 Å². The monoisotopic (exact) mass is 1530 g/mol. The minimum Gasteiger partial charge on any atom is -0.328 e. The molecule has 0 radical (unpaired) electrons. The quantitative estimate of drug-likeness (QED) is 0.0347. The van der Waals surface area contributed by atoms with Gasteiger partial charge >= 0.3 is 12.4 Å². The molecule has 0 saturated heterocycles. The van der Waals surface area contributed by atoms with Gasteiger partial charge in [0, 0.05) is 89.3 Å². The Bertz CT molecular complexity index is 5130. The van der Waals surface area contributed by atoms with Crippen molar-refractivity contribution in [3.05, 3.63) is 199 Å². The molecule has 0 N–H and O–H groups in total. The van der Waals surface area contributed by atoms with Crippen molar-refractivity contribution in [2.75, 3.05) is 6.26 Å². The van der Waals surface area contributed by atoms with Crippen LogP contribution in [0.3, 0.4) is 0 Å². The molecule has 580 valence electrons. The number of para-hydroxylation sites is 12. The summed E-state index contributed by atoms with van der Waals surface area (Å²) in [5.41, 5.74) is 11.3. The van der Waals surface area contributed by atoms with E-state index in [2.05, 4.69) is 93.4 Å². The van der Waals surface area contributed by atoms with Crippen LogP contribution in [-0.4, -0.2) is 98.3 Å². The van der Waals surface area contributed by atoms with Crippen LogP contribution < -0.4 is 0 Å². The lowest BCUT2D eigenvalue weighted by Crippen LogP contribution is -2.15. The summed E-state index contributed by atoms with van der Waals surface area (Å²) in [6.45, 7) is 19.4. The Labute approximate surface area is 640 Å². The molecule has 0 aliphatic heterocycles. The number of carbonyl (C=O) groups is 6. The minimum atomic E-state index is -4.49. The zero-order valence-electron chi connectivity index (χ0n) is 64.0. The van der Waals surface area contributed by atoms with Crippen molar-refractivity contribution in [2.45, 2.75) is 202 Å². The van der Waals surface area contributed by atoms with Crippen LogP contribution in [0.1, 0.15) is 162 Å². The number of aromatic nitrogens is 12. The number of halogens is 6. The second-order valence-electron chi connectivity index (χ2n) is 27.2. The number of imidazole rings is 6. The van der Waals surface area contributed by atoms with Gasteiger partial charge in [0.1, 0.15) is 52.2 Å². The number of Topliss-reactive ketones (excluding diaryl/α,β-unsaturated/α-hetero) is 6. The second-order valence-corrected chi connectivity index (χ2v) is 28.0. The minimum absolute atomic E-state index is 0.0296. The number of hydrogen-bond acceptors (Lipinski definition) is 13. The van der Waals surface area contributed by atoms with Gasteiger partial charge in [0.2, 0.25) is 11.6 Å². The number of rotatable bonds is 27. The van der Waals surface area contributed by atoms with Crippen molar-refractivity contribution in [3.63, 3.8) is 0 Å². The van der Waals surface area contributed by atoms with E-state index in [1.54, 1.807) is 88.0 Å². The van der Waals surface area contributed by atoms with Gasteiger partial charge in [-0.1, -0.05) is 129 Å². The van der Waals surface area contributed by atoms with Crippen molar-refractivity contribution in [1.82, 2.24) is 57.3 Å². The van der Waals surface area contributed by atoms with Crippen LogP contribution in [-0.2, 0) is 80.4 Å². The van der Waals surface area contributed by atoms with E-state index < -0.39 is 24.0 Å². The number of alkyl halides is 6. The van der Waals surface area contributed by atoms with Gasteiger partial charge in [-0.05, 0) is 166 Å². The number of nitrogens with zero attached hydrogens (tertiary/aromatic N) is 12. The number of aryl methyl sites for hydroxylation is 7. The molecule has 0 atom stereocenters. The lowest BCUT2D eigenvalue weighted by atomic mass is 10.2. The average molecular weight is 1530 g/mol. The van der Waals surface area contributed by atoms with Crippen LogP contribution in [0.4, 0.5) is 26.3 Å². The maximum atomic E-state index is 12.9. The number of fused-ring (bicyclic) bond motifs is 6. The van der Waals surface area contributed by atoms with Gasteiger partial charge in [0.15, 0.2) is 5.16 Å². The molecule has 0 amide bonds. The number of hydrogen-bond donors (Lipinski definition) is 0. The van der Waals surface area contributed by atoms with Gasteiger partial charge in [-0.2, -0.15) is 26.3 Å². The Morgan fingerprint density at radius 2 is 0.609 bits per heavy atom. The Morgan fingerprint density at radius 3 is 0.973 bits per heavy atom. The molecule has 0 spiro atoms. The predicted octanol–water partition coefficient (Wildman–Crippen LogP) is 20.3. The zero-order valence-corrected chi connectivity index (χ0v) is 64.9. The molecule has 0 aliphatic rings. The standard InChI is InChI=1S/C18H18N2O.C15H20N2O.2C13H13F3N2O.C13H16N2OS.C13H16N2O/c1-14(21)8-7-13-20-17-12-6-5-11-16(17)19-18(20)15-9-3-2-4-10-15;1-11(2)15-16-13-8-4-5-9-14(13)17(15)10-6-7-12(3)18;2*1-9(19)5-4-8-18-11-7-3-2-6-10(11)17-12(18)13(14,15)16;1-10(16)6-5-9-15-12-8-4-3-7-11(12)14-13(15)17-2;1-10(16)6-5-9-15-11(2)14-12-7-3-4-8-13(12)15/h2-6,9-12H,7-8,13H2,1H3;4-5,8-9,11H,6-7,10H2,1-3H3;2*2-3,6-7H,4-5,8H2,1H3;3-4,7-8H,5-6,9H2,1-2H3;3-4,7-8H,5-6,9H2,1-2H3. The van der Waals surface area contributed by atoms with Crippen LogP contribution in [0.5, 0.6) is 0 Å². The van der Waals surface area contributed by atoms with Gasteiger partial charge < -0.3 is 56.2 Å². The van der Waals surface area contributed by atoms with Crippen molar-refractivity contribution in [3.8, 4) is 11.4 Å². The van der Waals surface area contributed by atoms with Crippen LogP contribution in [0.15, 0.2) is 181 Å². The van der Waals surface area contributed by atoms with Crippen LogP contribution in [0, 0.1) is 6.92 Å². The molecule has 7 aromatic carbocycles. The summed E-state index contributed by atoms with van der Waals surface area (Å²) in [4.78, 5) is 91.6. The van der Waals surface area contributed by atoms with Crippen molar-refractivity contribution < 1.29 is 55.1 Å². The molecule has 6 heterocycles. The highest BCUT2D eigenvalue weighted by molar-refractivity contribution is 7.98. The number of thioether (sulfide) groups is 1. The maximum Gasteiger partial charge on any atom is 0.449 e. The molecule has 18 nitrogen and oxygen atoms in total. The number of benzene rings is 7. The summed E-state index contributed by atoms with van der Waals surface area (Å²) in [7, 11) is 0. The highest BCUT2D eigenvalue weighted by Gasteiger charge is 2.38. The second kappa shape index (κ2) is 40.7. The van der Waals surface area contributed by atoms with Crippen LogP contribution >= 0.6 is 11.8 Å². The van der Waals surface area contributed by atoms with Crippen molar-refractivity contribution >= 4 is 113 Å². The molecule has 6 aromatic heterocycles. The van der Waals surface area contributed by atoms with E-state index in [4.69, 9.17) is 4.98 Å². The fraction of sp³-hybridized carbons (Fsp3) is 0.365. The summed E-state index contributed by atoms with van der Waals surface area (Å²) in [5.74, 6) is 2.62. The number of carbonyl (C=O) groups excluding carboxylic acids is 6. The first-order valence-corrected chi connectivity index (χ1v) is 38.1. The van der Waals surface area contributed by atoms with Gasteiger partial charge in [0.05, 0.1) is 66.2 Å². The van der Waals surface area contributed by atoms with Gasteiger partial charge in [-0.25, -0.2) is 29.9 Å². The number of ketones is 6. The highest BCUT2D eigenvalue weighted by atomic mass is 32.2. The third-order valence-corrected chi connectivity index (χ3v) is 18.5. The van der Waals surface area contributed by atoms with E-state index in [1.807, 2.05) is 104 Å². The zero-order chi connectivity index (χ0) is 79.7. The normalized spacial score (nSPS) is 11.4. The highest BCUT2D eigenvalue weighted by Crippen LogP contribution is 2.34. The molecule has 13 rings (SSSR count). The molecule has 0 fully saturated rings. The summed E-state index contributed by atoms with van der Waals surface area (Å²) in [6.07, 6.45) is 0.361. The predicted molar refractivity (Wildman–Crippen MR) is 424 cm³/mol. The first kappa shape index (κ1) is 84.9. The van der Waals surface area contributed by atoms with E-state index in [1.165, 1.54) is 19.4 Å². The lowest BCUT2D eigenvalue weighted by Gasteiger charge is -2.10. The lowest BCUT2D eigenvalue weighted by molar-refractivity contribution is -0.147. The molecule has 0 bridgehead atoms. The summed E-state index contributed by atoms with van der Waals surface area (Å²) < 4.78 is 88.7. The van der Waals surface area contributed by atoms with Crippen LogP contribution in [0.25, 0.3) is 77.6 Å². The summed E-state index contributed by atoms with van der Waals surface area (Å²) in [6, 6.07) is 55.7. The average Bonchev–Trinajstić information content (AvgIpc) is 1.66. The molecular weight excluding hydrogens is 1430 g/mol. The van der Waals surface area contributed by atoms with Gasteiger partial charge in [0.25, 0.3) is 0 Å².